The standard InChI is InChI=1S/C24H18F6N4O3/c25-23(26,27)16-9-15(10-17(12-16)24(28,29)30)22(35)34-7-5-33(6-8-34)21-4-2-18(31-32-21)14-1-3-19-20(11-14)37-13-36-19/h1-4,9-12H,5-8,13H2. The number of benzene rings is 2. The van der Waals surface area contributed by atoms with Crippen LogP contribution in [0.5, 0.6) is 11.5 Å². The SMILES string of the molecule is O=C(c1cc(C(F)(F)F)cc(C(F)(F)F)c1)N1CCN(c2ccc(-c3ccc4c(c3)OCO4)nn2)CC1. The number of fused-ring (bicyclic) bond motifs is 1. The highest BCUT2D eigenvalue weighted by Gasteiger charge is 2.38. The summed E-state index contributed by atoms with van der Waals surface area (Å²) >= 11 is 0. The van der Waals surface area contributed by atoms with E-state index in [1.165, 1.54) is 4.90 Å². The second-order valence-electron chi connectivity index (χ2n) is 8.42. The molecule has 3 aromatic rings. The molecule has 13 heteroatoms. The molecular weight excluding hydrogens is 506 g/mol. The third kappa shape index (κ3) is 5.11. The number of piperazine rings is 1. The van der Waals surface area contributed by atoms with Gasteiger partial charge in [-0.15, -0.1) is 10.2 Å². The van der Waals surface area contributed by atoms with Gasteiger partial charge in [0.1, 0.15) is 0 Å². The van der Waals surface area contributed by atoms with Crippen molar-refractivity contribution in [3.63, 3.8) is 0 Å². The van der Waals surface area contributed by atoms with Gasteiger partial charge in [-0.2, -0.15) is 26.3 Å². The number of rotatable bonds is 3. The third-order valence-electron chi connectivity index (χ3n) is 6.04. The number of carbonyl (C=O) groups excluding carboxylic acids is 1. The van der Waals surface area contributed by atoms with Crippen LogP contribution in [0.2, 0.25) is 0 Å². The van der Waals surface area contributed by atoms with E-state index in [1.807, 2.05) is 11.0 Å². The van der Waals surface area contributed by atoms with Crippen molar-refractivity contribution in [2.45, 2.75) is 12.4 Å². The number of ether oxygens (including phenoxy) is 2. The summed E-state index contributed by atoms with van der Waals surface area (Å²) in [6.07, 6.45) is -10.1. The van der Waals surface area contributed by atoms with Gasteiger partial charge in [-0.1, -0.05) is 0 Å². The number of hydrogen-bond acceptors (Lipinski definition) is 6. The van der Waals surface area contributed by atoms with Gasteiger partial charge in [0.2, 0.25) is 6.79 Å². The molecule has 2 aliphatic rings. The van der Waals surface area contributed by atoms with Crippen LogP contribution < -0.4 is 14.4 Å². The lowest BCUT2D eigenvalue weighted by Gasteiger charge is -2.35. The van der Waals surface area contributed by atoms with Crippen LogP contribution in [0.4, 0.5) is 32.2 Å². The molecule has 0 bridgehead atoms. The first-order chi connectivity index (χ1) is 17.5. The molecule has 0 N–H and O–H groups in total. The van der Waals surface area contributed by atoms with Gasteiger partial charge in [-0.3, -0.25) is 4.79 Å². The van der Waals surface area contributed by atoms with Gasteiger partial charge >= 0.3 is 12.4 Å². The number of anilines is 1. The number of aromatic nitrogens is 2. The lowest BCUT2D eigenvalue weighted by atomic mass is 10.0. The van der Waals surface area contributed by atoms with E-state index in [0.29, 0.717) is 35.1 Å². The van der Waals surface area contributed by atoms with Crippen LogP contribution in [0.25, 0.3) is 11.3 Å². The van der Waals surface area contributed by atoms with Crippen LogP contribution >= 0.6 is 0 Å². The van der Waals surface area contributed by atoms with Crippen LogP contribution in [0.3, 0.4) is 0 Å². The first kappa shape index (κ1) is 24.7. The third-order valence-corrected chi connectivity index (χ3v) is 6.04. The van der Waals surface area contributed by atoms with Gasteiger partial charge in [0, 0.05) is 37.3 Å². The molecule has 0 spiro atoms. The molecule has 194 valence electrons. The molecular formula is C24H18F6N4O3. The summed E-state index contributed by atoms with van der Waals surface area (Å²) in [5.41, 5.74) is -2.34. The van der Waals surface area contributed by atoms with E-state index < -0.39 is 35.0 Å². The van der Waals surface area contributed by atoms with E-state index in [-0.39, 0.29) is 39.0 Å². The number of carbonyl (C=O) groups is 1. The molecule has 2 aromatic carbocycles. The summed E-state index contributed by atoms with van der Waals surface area (Å²) in [5.74, 6) is 0.864. The van der Waals surface area contributed by atoms with Crippen molar-refractivity contribution in [3.8, 4) is 22.8 Å². The fourth-order valence-electron chi connectivity index (χ4n) is 4.10. The normalized spacial score (nSPS) is 15.7. The molecule has 3 heterocycles. The first-order valence-corrected chi connectivity index (χ1v) is 11.1. The Kier molecular flexibility index (Phi) is 6.08. The Morgan fingerprint density at radius 2 is 1.41 bits per heavy atom. The fraction of sp³-hybridized carbons (Fsp3) is 0.292. The summed E-state index contributed by atoms with van der Waals surface area (Å²) in [5, 5.41) is 8.46. The largest absolute Gasteiger partial charge is 0.454 e. The highest BCUT2D eigenvalue weighted by atomic mass is 19.4. The second kappa shape index (κ2) is 9.12. The molecule has 1 aromatic heterocycles. The molecule has 1 amide bonds. The number of alkyl halides is 6. The monoisotopic (exact) mass is 524 g/mol. The average Bonchev–Trinajstić information content (AvgIpc) is 3.35. The molecule has 5 rings (SSSR count). The summed E-state index contributed by atoms with van der Waals surface area (Å²) in [7, 11) is 0. The lowest BCUT2D eigenvalue weighted by Crippen LogP contribution is -2.49. The highest BCUT2D eigenvalue weighted by molar-refractivity contribution is 5.95. The Labute approximate surface area is 206 Å². The van der Waals surface area contributed by atoms with Crippen LogP contribution in [-0.4, -0.2) is 54.0 Å². The van der Waals surface area contributed by atoms with Gasteiger partial charge < -0.3 is 19.3 Å². The summed E-state index contributed by atoms with van der Waals surface area (Å²) < 4.78 is 89.6. The van der Waals surface area contributed by atoms with Crippen molar-refractivity contribution in [1.82, 2.24) is 15.1 Å². The molecule has 2 aliphatic heterocycles. The topological polar surface area (TPSA) is 67.8 Å². The molecule has 1 saturated heterocycles. The minimum atomic E-state index is -5.03. The maximum absolute atomic E-state index is 13.2. The predicted octanol–water partition coefficient (Wildman–Crippen LogP) is 4.87. The van der Waals surface area contributed by atoms with E-state index >= 15 is 0 Å². The summed E-state index contributed by atoms with van der Waals surface area (Å²) in [6, 6.07) is 9.78. The van der Waals surface area contributed by atoms with Crippen LogP contribution in [-0.2, 0) is 12.4 Å². The molecule has 0 unspecified atom stereocenters. The van der Waals surface area contributed by atoms with Gasteiger partial charge in [0.05, 0.1) is 16.8 Å². The van der Waals surface area contributed by atoms with Crippen molar-refractivity contribution < 1.29 is 40.6 Å². The van der Waals surface area contributed by atoms with Crippen molar-refractivity contribution in [2.24, 2.45) is 0 Å². The van der Waals surface area contributed by atoms with E-state index in [4.69, 9.17) is 9.47 Å². The average molecular weight is 524 g/mol. The first-order valence-electron chi connectivity index (χ1n) is 11.1. The molecule has 0 aliphatic carbocycles. The maximum Gasteiger partial charge on any atom is 0.416 e. The van der Waals surface area contributed by atoms with Crippen molar-refractivity contribution in [3.05, 3.63) is 65.2 Å². The van der Waals surface area contributed by atoms with Crippen molar-refractivity contribution in [2.75, 3.05) is 37.9 Å². The molecule has 7 nitrogen and oxygen atoms in total. The van der Waals surface area contributed by atoms with Gasteiger partial charge in [0.25, 0.3) is 5.91 Å². The van der Waals surface area contributed by atoms with Gasteiger partial charge in [-0.05, 0) is 48.5 Å². The van der Waals surface area contributed by atoms with E-state index in [1.54, 1.807) is 24.3 Å². The van der Waals surface area contributed by atoms with Crippen LogP contribution in [0.1, 0.15) is 21.5 Å². The van der Waals surface area contributed by atoms with Gasteiger partial charge in [0.15, 0.2) is 17.3 Å². The molecule has 0 radical (unpaired) electrons. The Hall–Kier alpha value is -4.03. The zero-order valence-electron chi connectivity index (χ0n) is 18.9. The predicted molar refractivity (Wildman–Crippen MR) is 118 cm³/mol. The smallest absolute Gasteiger partial charge is 0.416 e. The summed E-state index contributed by atoms with van der Waals surface area (Å²) in [6.45, 7) is 0.864. The summed E-state index contributed by atoms with van der Waals surface area (Å²) in [4.78, 5) is 15.9. The minimum absolute atomic E-state index is 0.000621. The zero-order chi connectivity index (χ0) is 26.4. The Morgan fingerprint density at radius 1 is 0.757 bits per heavy atom. The molecule has 0 saturated carbocycles. The number of nitrogens with zero attached hydrogens (tertiary/aromatic N) is 4. The van der Waals surface area contributed by atoms with Gasteiger partial charge in [-0.25, -0.2) is 0 Å². The highest BCUT2D eigenvalue weighted by Crippen LogP contribution is 2.37. The van der Waals surface area contributed by atoms with Crippen LogP contribution in [0.15, 0.2) is 48.5 Å². The van der Waals surface area contributed by atoms with E-state index in [9.17, 15) is 31.1 Å². The Balaban J connectivity index is 1.27. The Morgan fingerprint density at radius 3 is 2.00 bits per heavy atom. The number of amides is 1. The minimum Gasteiger partial charge on any atom is -0.454 e. The van der Waals surface area contributed by atoms with Crippen molar-refractivity contribution >= 4 is 11.7 Å². The van der Waals surface area contributed by atoms with Crippen LogP contribution in [0, 0.1) is 0 Å². The van der Waals surface area contributed by atoms with Crippen molar-refractivity contribution in [1.29, 1.82) is 0 Å². The molecule has 0 atom stereocenters. The molecule has 1 fully saturated rings. The fourth-order valence-corrected chi connectivity index (χ4v) is 4.10. The Bertz CT molecular complexity index is 1290. The molecule has 37 heavy (non-hydrogen) atoms. The second-order valence-corrected chi connectivity index (χ2v) is 8.42. The van der Waals surface area contributed by atoms with E-state index in [0.717, 1.165) is 5.56 Å². The maximum atomic E-state index is 13.2. The number of halogens is 6. The van der Waals surface area contributed by atoms with E-state index in [2.05, 4.69) is 10.2 Å². The zero-order valence-corrected chi connectivity index (χ0v) is 18.9. The number of hydrogen-bond donors (Lipinski definition) is 0. The lowest BCUT2D eigenvalue weighted by molar-refractivity contribution is -0.143. The quantitative estimate of drug-likeness (QED) is 0.456.